The van der Waals surface area contributed by atoms with Crippen molar-refractivity contribution in [2.75, 3.05) is 0 Å². The molecule has 4 aromatic carbocycles. The lowest BCUT2D eigenvalue weighted by molar-refractivity contribution is -0.128. The Morgan fingerprint density at radius 3 is 2.53 bits per heavy atom. The van der Waals surface area contributed by atoms with E-state index in [0.29, 0.717) is 10.8 Å². The summed E-state index contributed by atoms with van der Waals surface area (Å²) in [6.07, 6.45) is 4.28. The topological polar surface area (TPSA) is 65.7 Å². The first-order valence-electron chi connectivity index (χ1n) is 10.4. The summed E-state index contributed by atoms with van der Waals surface area (Å²) in [5, 5.41) is 2.79. The van der Waals surface area contributed by atoms with E-state index < -0.39 is 5.97 Å². The largest absolute Gasteiger partial charge is 0.460 e. The van der Waals surface area contributed by atoms with E-state index in [1.807, 2.05) is 42.5 Å². The lowest BCUT2D eigenvalue weighted by atomic mass is 10.0. The summed E-state index contributed by atoms with van der Waals surface area (Å²) in [7, 11) is 0. The Morgan fingerprint density at radius 2 is 1.65 bits per heavy atom. The molecule has 0 aliphatic carbocycles. The first kappa shape index (κ1) is 21.5. The smallest absolute Gasteiger partial charge is 0.336 e. The number of hydrogen-bond donors (Lipinski definition) is 0. The molecule has 6 heteroatoms. The van der Waals surface area contributed by atoms with E-state index in [-0.39, 0.29) is 27.9 Å². The van der Waals surface area contributed by atoms with Gasteiger partial charge in [-0.25, -0.2) is 4.79 Å². The van der Waals surface area contributed by atoms with E-state index in [9.17, 15) is 9.59 Å². The average Bonchev–Trinajstić information content (AvgIpc) is 2.85. The molecule has 0 N–H and O–H groups in total. The van der Waals surface area contributed by atoms with Gasteiger partial charge in [0.1, 0.15) is 23.3 Å². The molecule has 0 radical (unpaired) electrons. The standard InChI is InChI=1S/C28H17ClO5/c29-23-10-3-4-11-24(23)34-26-17-32-25-16-20(13-14-22(25)28(26)31)33-27(30)15-12-19-8-5-7-18-6-1-2-9-21(18)19/h1-17H. The van der Waals surface area contributed by atoms with Crippen LogP contribution in [0.3, 0.4) is 0 Å². The summed E-state index contributed by atoms with van der Waals surface area (Å²) in [6.45, 7) is 0. The van der Waals surface area contributed by atoms with Gasteiger partial charge in [-0.1, -0.05) is 66.2 Å². The summed E-state index contributed by atoms with van der Waals surface area (Å²) < 4.78 is 16.6. The minimum absolute atomic E-state index is 0.00312. The van der Waals surface area contributed by atoms with Crippen LogP contribution in [0.15, 0.2) is 106 Å². The van der Waals surface area contributed by atoms with Crippen LogP contribution in [0.4, 0.5) is 0 Å². The average molecular weight is 469 g/mol. The number of esters is 1. The predicted molar refractivity (Wildman–Crippen MR) is 133 cm³/mol. The van der Waals surface area contributed by atoms with Crippen molar-refractivity contribution in [1.82, 2.24) is 0 Å². The lowest BCUT2D eigenvalue weighted by Gasteiger charge is -2.07. The summed E-state index contributed by atoms with van der Waals surface area (Å²) >= 11 is 6.10. The van der Waals surface area contributed by atoms with Crippen LogP contribution in [-0.4, -0.2) is 5.97 Å². The summed E-state index contributed by atoms with van der Waals surface area (Å²) in [5.74, 6) is 0.0546. The van der Waals surface area contributed by atoms with Crippen molar-refractivity contribution in [3.8, 4) is 17.2 Å². The maximum atomic E-state index is 12.8. The molecular weight excluding hydrogens is 452 g/mol. The molecule has 0 amide bonds. The fourth-order valence-electron chi connectivity index (χ4n) is 3.57. The highest BCUT2D eigenvalue weighted by atomic mass is 35.5. The SMILES string of the molecule is O=C(C=Cc1cccc2ccccc12)Oc1ccc2c(=O)c(Oc3ccccc3Cl)coc2c1. The molecular formula is C28H17ClO5. The zero-order valence-corrected chi connectivity index (χ0v) is 18.5. The summed E-state index contributed by atoms with van der Waals surface area (Å²) in [6, 6.07) is 25.2. The van der Waals surface area contributed by atoms with Crippen LogP contribution in [0.1, 0.15) is 5.56 Å². The van der Waals surface area contributed by atoms with Crippen molar-refractivity contribution in [2.24, 2.45) is 0 Å². The van der Waals surface area contributed by atoms with Crippen LogP contribution in [-0.2, 0) is 4.79 Å². The van der Waals surface area contributed by atoms with E-state index >= 15 is 0 Å². The Bertz CT molecular complexity index is 1610. The van der Waals surface area contributed by atoms with Gasteiger partial charge in [-0.05, 0) is 46.7 Å². The molecule has 0 fully saturated rings. The van der Waals surface area contributed by atoms with Crippen LogP contribution in [0.25, 0.3) is 27.8 Å². The Morgan fingerprint density at radius 1 is 0.853 bits per heavy atom. The summed E-state index contributed by atoms with van der Waals surface area (Å²) in [4.78, 5) is 25.2. The van der Waals surface area contributed by atoms with Crippen LogP contribution in [0.2, 0.25) is 5.02 Å². The highest BCUT2D eigenvalue weighted by Gasteiger charge is 2.12. The molecule has 5 rings (SSSR count). The quantitative estimate of drug-likeness (QED) is 0.158. The Labute approximate surface area is 199 Å². The van der Waals surface area contributed by atoms with Gasteiger partial charge >= 0.3 is 5.97 Å². The van der Waals surface area contributed by atoms with Crippen molar-refractivity contribution in [3.05, 3.63) is 118 Å². The molecule has 1 aromatic heterocycles. The van der Waals surface area contributed by atoms with Crippen molar-refractivity contribution >= 4 is 45.4 Å². The molecule has 0 aliphatic heterocycles. The second-order valence-electron chi connectivity index (χ2n) is 7.44. The Kier molecular flexibility index (Phi) is 5.85. The van der Waals surface area contributed by atoms with Gasteiger partial charge in [-0.3, -0.25) is 4.79 Å². The van der Waals surface area contributed by atoms with Crippen LogP contribution in [0, 0.1) is 0 Å². The van der Waals surface area contributed by atoms with Gasteiger partial charge in [0.05, 0.1) is 10.4 Å². The number of halogens is 1. The van der Waals surface area contributed by atoms with Gasteiger partial charge < -0.3 is 13.9 Å². The van der Waals surface area contributed by atoms with Crippen LogP contribution >= 0.6 is 11.6 Å². The Balaban J connectivity index is 1.35. The number of para-hydroxylation sites is 1. The van der Waals surface area contributed by atoms with Crippen molar-refractivity contribution in [3.63, 3.8) is 0 Å². The van der Waals surface area contributed by atoms with E-state index in [4.69, 9.17) is 25.5 Å². The fraction of sp³-hybridized carbons (Fsp3) is 0. The van der Waals surface area contributed by atoms with Crippen molar-refractivity contribution in [1.29, 1.82) is 0 Å². The molecule has 0 unspecified atom stereocenters. The van der Waals surface area contributed by atoms with E-state index in [1.165, 1.54) is 30.5 Å². The molecule has 5 aromatic rings. The van der Waals surface area contributed by atoms with Crippen molar-refractivity contribution < 1.29 is 18.7 Å². The third kappa shape index (κ3) is 4.42. The van der Waals surface area contributed by atoms with Crippen molar-refractivity contribution in [2.45, 2.75) is 0 Å². The van der Waals surface area contributed by atoms with Gasteiger partial charge in [-0.2, -0.15) is 0 Å². The molecule has 5 nitrogen and oxygen atoms in total. The maximum Gasteiger partial charge on any atom is 0.336 e. The third-order valence-corrected chi connectivity index (χ3v) is 5.52. The molecule has 34 heavy (non-hydrogen) atoms. The normalized spacial score (nSPS) is 11.2. The number of fused-ring (bicyclic) bond motifs is 2. The number of hydrogen-bond acceptors (Lipinski definition) is 5. The molecule has 166 valence electrons. The minimum atomic E-state index is -0.548. The molecule has 0 saturated carbocycles. The van der Waals surface area contributed by atoms with Gasteiger partial charge in [0.2, 0.25) is 11.2 Å². The lowest BCUT2D eigenvalue weighted by Crippen LogP contribution is -2.06. The van der Waals surface area contributed by atoms with Crippen LogP contribution in [0.5, 0.6) is 17.2 Å². The van der Waals surface area contributed by atoms with Gasteiger partial charge in [0.25, 0.3) is 0 Å². The highest BCUT2D eigenvalue weighted by Crippen LogP contribution is 2.29. The Hall–Kier alpha value is -4.35. The second-order valence-corrected chi connectivity index (χ2v) is 7.85. The van der Waals surface area contributed by atoms with E-state index in [0.717, 1.165) is 16.3 Å². The third-order valence-electron chi connectivity index (χ3n) is 5.21. The fourth-order valence-corrected chi connectivity index (χ4v) is 3.75. The van der Waals surface area contributed by atoms with Crippen LogP contribution < -0.4 is 14.9 Å². The maximum absolute atomic E-state index is 12.8. The minimum Gasteiger partial charge on any atom is -0.460 e. The molecule has 0 atom stereocenters. The zero-order valence-electron chi connectivity index (χ0n) is 17.7. The number of carbonyl (C=O) groups excluding carboxylic acids is 1. The first-order valence-corrected chi connectivity index (χ1v) is 10.8. The second kappa shape index (κ2) is 9.25. The van der Waals surface area contributed by atoms with Gasteiger partial charge in [-0.15, -0.1) is 0 Å². The molecule has 0 aliphatic rings. The molecule has 0 spiro atoms. The number of carbonyl (C=O) groups is 1. The molecule has 0 saturated heterocycles. The van der Waals surface area contributed by atoms with E-state index in [2.05, 4.69) is 0 Å². The molecule has 1 heterocycles. The summed E-state index contributed by atoms with van der Waals surface area (Å²) in [5.41, 5.74) is 0.806. The van der Waals surface area contributed by atoms with Gasteiger partial charge in [0.15, 0.2) is 0 Å². The highest BCUT2D eigenvalue weighted by molar-refractivity contribution is 6.32. The first-order chi connectivity index (χ1) is 16.6. The molecule has 0 bridgehead atoms. The number of benzene rings is 4. The zero-order chi connectivity index (χ0) is 23.5. The van der Waals surface area contributed by atoms with E-state index in [1.54, 1.807) is 30.3 Å². The number of rotatable bonds is 5. The number of ether oxygens (including phenoxy) is 2. The monoisotopic (exact) mass is 468 g/mol. The van der Waals surface area contributed by atoms with Gasteiger partial charge in [0, 0.05) is 12.1 Å². The predicted octanol–water partition coefficient (Wildman–Crippen LogP) is 7.01.